The lowest BCUT2D eigenvalue weighted by Gasteiger charge is -2.08. The van der Waals surface area contributed by atoms with Gasteiger partial charge < -0.3 is 20.3 Å². The predicted molar refractivity (Wildman–Crippen MR) is 69.9 cm³/mol. The van der Waals surface area contributed by atoms with Gasteiger partial charge in [0.2, 0.25) is 0 Å². The van der Waals surface area contributed by atoms with Gasteiger partial charge in [0.25, 0.3) is 0 Å². The van der Waals surface area contributed by atoms with Crippen LogP contribution in [0.5, 0.6) is 0 Å². The Labute approximate surface area is 105 Å². The lowest BCUT2D eigenvalue weighted by molar-refractivity contribution is 0.245. The van der Waals surface area contributed by atoms with E-state index in [4.69, 9.17) is 5.11 Å². The third kappa shape index (κ3) is 3.11. The average Bonchev–Trinajstić information content (AvgIpc) is 2.91. The van der Waals surface area contributed by atoms with Crippen molar-refractivity contribution >= 4 is 11.7 Å². The molecule has 2 amide bonds. The molecule has 0 saturated heterocycles. The second-order valence-electron chi connectivity index (χ2n) is 3.74. The molecule has 0 atom stereocenters. The van der Waals surface area contributed by atoms with Gasteiger partial charge in [-0.05, 0) is 36.4 Å². The highest BCUT2D eigenvalue weighted by Gasteiger charge is 2.00. The Morgan fingerprint density at radius 3 is 2.44 bits per heavy atom. The zero-order valence-electron chi connectivity index (χ0n) is 9.84. The molecule has 2 rings (SSSR count). The average molecular weight is 245 g/mol. The van der Waals surface area contributed by atoms with Gasteiger partial charge in [-0.1, -0.05) is 0 Å². The monoisotopic (exact) mass is 245 g/mol. The number of anilines is 1. The van der Waals surface area contributed by atoms with Crippen molar-refractivity contribution in [3.63, 3.8) is 0 Å². The Morgan fingerprint density at radius 2 is 1.83 bits per heavy atom. The third-order valence-corrected chi connectivity index (χ3v) is 2.43. The quantitative estimate of drug-likeness (QED) is 0.765. The highest BCUT2D eigenvalue weighted by atomic mass is 16.3. The lowest BCUT2D eigenvalue weighted by atomic mass is 10.3. The molecule has 94 valence electrons. The van der Waals surface area contributed by atoms with Crippen LogP contribution in [0.25, 0.3) is 5.69 Å². The van der Waals surface area contributed by atoms with E-state index in [1.54, 1.807) is 0 Å². The van der Waals surface area contributed by atoms with Crippen molar-refractivity contribution in [2.45, 2.75) is 0 Å². The van der Waals surface area contributed by atoms with E-state index in [9.17, 15) is 4.79 Å². The van der Waals surface area contributed by atoms with Crippen LogP contribution in [-0.2, 0) is 0 Å². The molecule has 0 bridgehead atoms. The van der Waals surface area contributed by atoms with E-state index in [-0.39, 0.29) is 19.2 Å². The zero-order chi connectivity index (χ0) is 12.8. The number of hydrogen-bond donors (Lipinski definition) is 3. The minimum absolute atomic E-state index is 0.0695. The maximum atomic E-state index is 11.3. The SMILES string of the molecule is O=C(NCCO)Nc1ccc(-n2cccc2)cc1. The molecule has 1 aromatic carbocycles. The van der Waals surface area contributed by atoms with E-state index in [1.807, 2.05) is 53.4 Å². The van der Waals surface area contributed by atoms with E-state index >= 15 is 0 Å². The summed E-state index contributed by atoms with van der Waals surface area (Å²) in [6.07, 6.45) is 3.91. The first-order chi connectivity index (χ1) is 8.79. The fraction of sp³-hybridized carbons (Fsp3) is 0.154. The van der Waals surface area contributed by atoms with Crippen molar-refractivity contribution < 1.29 is 9.90 Å². The summed E-state index contributed by atoms with van der Waals surface area (Å²) in [5, 5.41) is 13.8. The number of nitrogens with zero attached hydrogens (tertiary/aromatic N) is 1. The summed E-state index contributed by atoms with van der Waals surface area (Å²) in [4.78, 5) is 11.3. The molecule has 0 radical (unpaired) electrons. The van der Waals surface area contributed by atoms with Crippen molar-refractivity contribution in [1.29, 1.82) is 0 Å². The molecule has 0 saturated carbocycles. The second kappa shape index (κ2) is 5.88. The molecule has 0 aliphatic rings. The van der Waals surface area contributed by atoms with Crippen molar-refractivity contribution in [3.8, 4) is 5.69 Å². The summed E-state index contributed by atoms with van der Waals surface area (Å²) in [6.45, 7) is 0.174. The summed E-state index contributed by atoms with van der Waals surface area (Å²) in [7, 11) is 0. The Bertz CT molecular complexity index is 491. The van der Waals surface area contributed by atoms with Gasteiger partial charge in [-0.2, -0.15) is 0 Å². The van der Waals surface area contributed by atoms with Crippen LogP contribution in [0, 0.1) is 0 Å². The molecule has 5 nitrogen and oxygen atoms in total. The molecule has 3 N–H and O–H groups in total. The minimum Gasteiger partial charge on any atom is -0.395 e. The summed E-state index contributed by atoms with van der Waals surface area (Å²) < 4.78 is 1.98. The molecule has 0 unspecified atom stereocenters. The van der Waals surface area contributed by atoms with E-state index < -0.39 is 0 Å². The summed E-state index contributed by atoms with van der Waals surface area (Å²) >= 11 is 0. The van der Waals surface area contributed by atoms with Crippen LogP contribution in [0.2, 0.25) is 0 Å². The first-order valence-corrected chi connectivity index (χ1v) is 5.69. The summed E-state index contributed by atoms with van der Waals surface area (Å²) in [6, 6.07) is 11.1. The van der Waals surface area contributed by atoms with Gasteiger partial charge in [-0.25, -0.2) is 4.79 Å². The molecule has 5 heteroatoms. The van der Waals surface area contributed by atoms with Gasteiger partial charge in [0.15, 0.2) is 0 Å². The van der Waals surface area contributed by atoms with Crippen molar-refractivity contribution in [2.75, 3.05) is 18.5 Å². The van der Waals surface area contributed by atoms with Crippen LogP contribution in [-0.4, -0.2) is 28.9 Å². The Hall–Kier alpha value is -2.27. The van der Waals surface area contributed by atoms with Crippen molar-refractivity contribution in [1.82, 2.24) is 9.88 Å². The van der Waals surface area contributed by atoms with E-state index in [1.165, 1.54) is 0 Å². The first kappa shape index (κ1) is 12.2. The van der Waals surface area contributed by atoms with E-state index in [2.05, 4.69) is 10.6 Å². The number of carbonyl (C=O) groups excluding carboxylic acids is 1. The molecule has 0 spiro atoms. The number of aliphatic hydroxyl groups is 1. The topological polar surface area (TPSA) is 66.3 Å². The van der Waals surface area contributed by atoms with Crippen molar-refractivity contribution in [2.24, 2.45) is 0 Å². The predicted octanol–water partition coefficient (Wildman–Crippen LogP) is 1.59. The standard InChI is InChI=1S/C13H15N3O2/c17-10-7-14-13(18)15-11-3-5-12(6-4-11)16-8-1-2-9-16/h1-6,8-9,17H,7,10H2,(H2,14,15,18). The number of nitrogens with one attached hydrogen (secondary N) is 2. The van der Waals surface area contributed by atoms with E-state index in [0.29, 0.717) is 5.69 Å². The van der Waals surface area contributed by atoms with Crippen LogP contribution in [0.15, 0.2) is 48.8 Å². The maximum absolute atomic E-state index is 11.3. The molecule has 0 aliphatic carbocycles. The first-order valence-electron chi connectivity index (χ1n) is 5.69. The number of benzene rings is 1. The molecular weight excluding hydrogens is 230 g/mol. The van der Waals surface area contributed by atoms with Gasteiger partial charge in [0, 0.05) is 30.3 Å². The highest BCUT2D eigenvalue weighted by Crippen LogP contribution is 2.13. The van der Waals surface area contributed by atoms with Crippen LogP contribution < -0.4 is 10.6 Å². The van der Waals surface area contributed by atoms with E-state index in [0.717, 1.165) is 5.69 Å². The summed E-state index contributed by atoms with van der Waals surface area (Å²) in [5.74, 6) is 0. The minimum atomic E-state index is -0.322. The fourth-order valence-electron chi connectivity index (χ4n) is 1.57. The number of amides is 2. The normalized spacial score (nSPS) is 10.1. The molecule has 2 aromatic rings. The molecule has 1 heterocycles. The Kier molecular flexibility index (Phi) is 3.98. The third-order valence-electron chi connectivity index (χ3n) is 2.43. The number of aliphatic hydroxyl groups excluding tert-OH is 1. The zero-order valence-corrected chi connectivity index (χ0v) is 9.84. The second-order valence-corrected chi connectivity index (χ2v) is 3.74. The fourth-order valence-corrected chi connectivity index (χ4v) is 1.57. The molecule has 0 aliphatic heterocycles. The van der Waals surface area contributed by atoms with Gasteiger partial charge in [-0.3, -0.25) is 0 Å². The molecular formula is C13H15N3O2. The van der Waals surface area contributed by atoms with Crippen LogP contribution in [0.1, 0.15) is 0 Å². The van der Waals surface area contributed by atoms with Gasteiger partial charge >= 0.3 is 6.03 Å². The smallest absolute Gasteiger partial charge is 0.319 e. The Balaban J connectivity index is 1.98. The van der Waals surface area contributed by atoms with Crippen molar-refractivity contribution in [3.05, 3.63) is 48.8 Å². The lowest BCUT2D eigenvalue weighted by Crippen LogP contribution is -2.30. The highest BCUT2D eigenvalue weighted by molar-refractivity contribution is 5.89. The number of urea groups is 1. The molecule has 1 aromatic heterocycles. The van der Waals surface area contributed by atoms with Crippen LogP contribution in [0.4, 0.5) is 10.5 Å². The van der Waals surface area contributed by atoms with Gasteiger partial charge in [-0.15, -0.1) is 0 Å². The van der Waals surface area contributed by atoms with Gasteiger partial charge in [0.05, 0.1) is 6.61 Å². The van der Waals surface area contributed by atoms with Gasteiger partial charge in [0.1, 0.15) is 0 Å². The maximum Gasteiger partial charge on any atom is 0.319 e. The van der Waals surface area contributed by atoms with Crippen LogP contribution >= 0.6 is 0 Å². The molecule has 0 fully saturated rings. The molecule has 18 heavy (non-hydrogen) atoms. The largest absolute Gasteiger partial charge is 0.395 e. The Morgan fingerprint density at radius 1 is 1.17 bits per heavy atom. The number of carbonyl (C=O) groups is 1. The summed E-state index contributed by atoms with van der Waals surface area (Å²) in [5.41, 5.74) is 1.74. The van der Waals surface area contributed by atoms with Crippen LogP contribution in [0.3, 0.4) is 0 Å². The number of hydrogen-bond acceptors (Lipinski definition) is 2. The number of aromatic nitrogens is 1. The number of rotatable bonds is 4.